The lowest BCUT2D eigenvalue weighted by Gasteiger charge is -2.19. The number of nitrogens with two attached hydrogens (primary N) is 2. The van der Waals surface area contributed by atoms with Crippen LogP contribution >= 0.6 is 11.8 Å². The Balaban J connectivity index is 3.64. The predicted octanol–water partition coefficient (Wildman–Crippen LogP) is 1.22. The van der Waals surface area contributed by atoms with Gasteiger partial charge >= 0.3 is 0 Å². The molecule has 0 unspecified atom stereocenters. The van der Waals surface area contributed by atoms with E-state index in [-0.39, 0.29) is 5.54 Å². The van der Waals surface area contributed by atoms with Gasteiger partial charge in [-0.3, -0.25) is 4.99 Å². The fraction of sp³-hybridized carbons (Fsp3) is 0.889. The van der Waals surface area contributed by atoms with E-state index in [4.69, 9.17) is 11.5 Å². The summed E-state index contributed by atoms with van der Waals surface area (Å²) in [5.74, 6) is 1.60. The highest BCUT2D eigenvalue weighted by atomic mass is 32.2. The lowest BCUT2D eigenvalue weighted by molar-refractivity contribution is 0.590. The van der Waals surface area contributed by atoms with Crippen LogP contribution in [0.4, 0.5) is 0 Å². The standard InChI is InChI=1S/C9H21N3S/c1-7(5-12-8(2)10)13-6-9(3,4)11/h7H,5-6,11H2,1-4H3,(H2,10,12)/t7-/m0/s1. The molecule has 0 fully saturated rings. The minimum atomic E-state index is -0.0968. The van der Waals surface area contributed by atoms with Gasteiger partial charge in [-0.05, 0) is 20.8 Å². The molecule has 0 aliphatic carbocycles. The summed E-state index contributed by atoms with van der Waals surface area (Å²) in [7, 11) is 0. The molecule has 0 spiro atoms. The zero-order chi connectivity index (χ0) is 10.5. The van der Waals surface area contributed by atoms with Crippen LogP contribution in [0.3, 0.4) is 0 Å². The summed E-state index contributed by atoms with van der Waals surface area (Å²) in [6, 6.07) is 0. The molecule has 0 aromatic rings. The molecule has 0 aromatic carbocycles. The fourth-order valence-corrected chi connectivity index (χ4v) is 1.58. The van der Waals surface area contributed by atoms with Crippen LogP contribution in [0.1, 0.15) is 27.7 Å². The summed E-state index contributed by atoms with van der Waals surface area (Å²) in [5.41, 5.74) is 11.2. The fourth-order valence-electron chi connectivity index (χ4n) is 0.682. The first-order valence-electron chi connectivity index (χ1n) is 4.48. The molecule has 13 heavy (non-hydrogen) atoms. The van der Waals surface area contributed by atoms with Crippen molar-refractivity contribution in [3.63, 3.8) is 0 Å². The Morgan fingerprint density at radius 1 is 1.54 bits per heavy atom. The molecule has 0 saturated heterocycles. The first-order valence-corrected chi connectivity index (χ1v) is 5.53. The lowest BCUT2D eigenvalue weighted by atomic mass is 10.1. The van der Waals surface area contributed by atoms with Gasteiger partial charge in [-0.1, -0.05) is 6.92 Å². The number of amidine groups is 1. The van der Waals surface area contributed by atoms with Crippen molar-refractivity contribution in [3.8, 4) is 0 Å². The Labute approximate surface area is 85.4 Å². The molecule has 0 aromatic heterocycles. The van der Waals surface area contributed by atoms with Gasteiger partial charge in [0.15, 0.2) is 0 Å². The van der Waals surface area contributed by atoms with Crippen LogP contribution in [-0.2, 0) is 0 Å². The molecule has 0 heterocycles. The monoisotopic (exact) mass is 203 g/mol. The average Bonchev–Trinajstić information content (AvgIpc) is 1.95. The van der Waals surface area contributed by atoms with Crippen LogP contribution in [-0.4, -0.2) is 28.9 Å². The summed E-state index contributed by atoms with van der Waals surface area (Å²) >= 11 is 1.84. The van der Waals surface area contributed by atoms with Crippen molar-refractivity contribution in [1.82, 2.24) is 0 Å². The molecule has 0 amide bonds. The second-order valence-corrected chi connectivity index (χ2v) is 5.52. The van der Waals surface area contributed by atoms with E-state index in [1.54, 1.807) is 0 Å². The van der Waals surface area contributed by atoms with E-state index in [9.17, 15) is 0 Å². The highest BCUT2D eigenvalue weighted by Crippen LogP contribution is 2.15. The van der Waals surface area contributed by atoms with Crippen molar-refractivity contribution >= 4 is 17.6 Å². The number of rotatable bonds is 5. The minimum absolute atomic E-state index is 0.0968. The summed E-state index contributed by atoms with van der Waals surface area (Å²) in [6.45, 7) is 8.80. The molecule has 4 heteroatoms. The van der Waals surface area contributed by atoms with Crippen LogP contribution in [0.15, 0.2) is 4.99 Å². The largest absolute Gasteiger partial charge is 0.388 e. The quantitative estimate of drug-likeness (QED) is 0.521. The van der Waals surface area contributed by atoms with Gasteiger partial charge in [0.05, 0.1) is 12.4 Å². The topological polar surface area (TPSA) is 64.4 Å². The molecule has 3 nitrogen and oxygen atoms in total. The van der Waals surface area contributed by atoms with E-state index < -0.39 is 0 Å². The molecular weight excluding hydrogens is 182 g/mol. The zero-order valence-corrected chi connectivity index (χ0v) is 9.82. The third kappa shape index (κ3) is 9.70. The smallest absolute Gasteiger partial charge is 0.0906 e. The van der Waals surface area contributed by atoms with Crippen molar-refractivity contribution in [1.29, 1.82) is 0 Å². The maximum Gasteiger partial charge on any atom is 0.0906 e. The van der Waals surface area contributed by atoms with Gasteiger partial charge in [0.1, 0.15) is 0 Å². The Bertz CT molecular complexity index is 168. The molecule has 0 saturated carbocycles. The molecule has 0 rings (SSSR count). The Kier molecular flexibility index (Phi) is 5.40. The number of thioether (sulfide) groups is 1. The second kappa shape index (κ2) is 5.50. The third-order valence-electron chi connectivity index (χ3n) is 1.34. The van der Waals surface area contributed by atoms with Crippen LogP contribution < -0.4 is 11.5 Å². The van der Waals surface area contributed by atoms with Gasteiger partial charge in [0.25, 0.3) is 0 Å². The molecule has 0 bridgehead atoms. The van der Waals surface area contributed by atoms with Crippen LogP contribution in [0, 0.1) is 0 Å². The van der Waals surface area contributed by atoms with Gasteiger partial charge in [0, 0.05) is 16.5 Å². The van der Waals surface area contributed by atoms with Crippen LogP contribution in [0.2, 0.25) is 0 Å². The SMILES string of the molecule is CC(N)=NC[C@H](C)SCC(C)(C)N. The van der Waals surface area contributed by atoms with E-state index in [0.717, 1.165) is 12.3 Å². The van der Waals surface area contributed by atoms with Gasteiger partial charge in [-0.25, -0.2) is 0 Å². The molecule has 0 aliphatic heterocycles. The maximum atomic E-state index is 5.86. The van der Waals surface area contributed by atoms with E-state index in [2.05, 4.69) is 11.9 Å². The second-order valence-electron chi connectivity index (χ2n) is 4.09. The number of nitrogens with zero attached hydrogens (tertiary/aromatic N) is 1. The number of hydrogen-bond acceptors (Lipinski definition) is 3. The normalized spacial score (nSPS) is 15.9. The molecule has 0 aliphatic rings. The number of aliphatic imine (C=N–C) groups is 1. The van der Waals surface area contributed by atoms with E-state index in [1.807, 2.05) is 32.5 Å². The first kappa shape index (κ1) is 12.8. The van der Waals surface area contributed by atoms with Crippen molar-refractivity contribution < 1.29 is 0 Å². The van der Waals surface area contributed by atoms with E-state index in [1.165, 1.54) is 0 Å². The van der Waals surface area contributed by atoms with Gasteiger partial charge in [-0.2, -0.15) is 11.8 Å². The molecule has 1 atom stereocenters. The van der Waals surface area contributed by atoms with E-state index >= 15 is 0 Å². The Hall–Kier alpha value is -0.220. The Morgan fingerprint density at radius 3 is 2.46 bits per heavy atom. The van der Waals surface area contributed by atoms with Crippen LogP contribution in [0.25, 0.3) is 0 Å². The molecule has 78 valence electrons. The molecular formula is C9H21N3S. The Morgan fingerprint density at radius 2 is 2.08 bits per heavy atom. The predicted molar refractivity (Wildman–Crippen MR) is 62.3 cm³/mol. The summed E-state index contributed by atoms with van der Waals surface area (Å²) in [5, 5.41) is 0.487. The molecule has 0 radical (unpaired) electrons. The minimum Gasteiger partial charge on any atom is -0.388 e. The van der Waals surface area contributed by atoms with Gasteiger partial charge < -0.3 is 11.5 Å². The summed E-state index contributed by atoms with van der Waals surface area (Å²) < 4.78 is 0. The van der Waals surface area contributed by atoms with Crippen molar-refractivity contribution in [2.45, 2.75) is 38.5 Å². The van der Waals surface area contributed by atoms with Gasteiger partial charge in [-0.15, -0.1) is 0 Å². The van der Waals surface area contributed by atoms with Crippen molar-refractivity contribution in [2.75, 3.05) is 12.3 Å². The highest BCUT2D eigenvalue weighted by Gasteiger charge is 2.12. The average molecular weight is 203 g/mol. The van der Waals surface area contributed by atoms with E-state index in [0.29, 0.717) is 11.1 Å². The first-order chi connectivity index (χ1) is 5.81. The lowest BCUT2D eigenvalue weighted by Crippen LogP contribution is -2.35. The summed E-state index contributed by atoms with van der Waals surface area (Å²) in [6.07, 6.45) is 0. The van der Waals surface area contributed by atoms with Crippen molar-refractivity contribution in [3.05, 3.63) is 0 Å². The van der Waals surface area contributed by atoms with Crippen molar-refractivity contribution in [2.24, 2.45) is 16.5 Å². The van der Waals surface area contributed by atoms with Crippen LogP contribution in [0.5, 0.6) is 0 Å². The van der Waals surface area contributed by atoms with Gasteiger partial charge in [0.2, 0.25) is 0 Å². The zero-order valence-electron chi connectivity index (χ0n) is 9.00. The highest BCUT2D eigenvalue weighted by molar-refractivity contribution is 8.00. The summed E-state index contributed by atoms with van der Waals surface area (Å²) in [4.78, 5) is 4.16. The third-order valence-corrected chi connectivity index (χ3v) is 2.97. The molecule has 4 N–H and O–H groups in total. The maximum absolute atomic E-state index is 5.86. The number of hydrogen-bond donors (Lipinski definition) is 2.